The van der Waals surface area contributed by atoms with Gasteiger partial charge in [-0.15, -0.1) is 0 Å². The van der Waals surface area contributed by atoms with Gasteiger partial charge in [-0.25, -0.2) is 12.7 Å². The number of allylic oxidation sites excluding steroid dienone is 1. The van der Waals surface area contributed by atoms with Crippen LogP contribution in [0.2, 0.25) is 0 Å². The van der Waals surface area contributed by atoms with E-state index >= 15 is 0 Å². The number of hydrogen-bond acceptors (Lipinski definition) is 3. The van der Waals surface area contributed by atoms with E-state index in [2.05, 4.69) is 6.08 Å². The zero-order chi connectivity index (χ0) is 13.3. The summed E-state index contributed by atoms with van der Waals surface area (Å²) in [6.45, 7) is 0.579. The van der Waals surface area contributed by atoms with Crippen LogP contribution in [0, 0.1) is 0 Å². The molecule has 0 radical (unpaired) electrons. The summed E-state index contributed by atoms with van der Waals surface area (Å²) < 4.78 is 25.4. The topological polar surface area (TPSA) is 63.4 Å². The second-order valence-corrected chi connectivity index (χ2v) is 6.73. The molecule has 98 valence electrons. The molecule has 18 heavy (non-hydrogen) atoms. The summed E-state index contributed by atoms with van der Waals surface area (Å²) in [6.07, 6.45) is 3.79. The fourth-order valence-corrected chi connectivity index (χ4v) is 3.07. The first-order chi connectivity index (χ1) is 8.46. The smallest absolute Gasteiger partial charge is 0.242 e. The maximum atomic E-state index is 12.1. The van der Waals surface area contributed by atoms with Crippen molar-refractivity contribution in [3.8, 4) is 0 Å². The van der Waals surface area contributed by atoms with Crippen LogP contribution in [0.3, 0.4) is 0 Å². The first-order valence-corrected chi connectivity index (χ1v) is 7.35. The van der Waals surface area contributed by atoms with Crippen LogP contribution in [0.15, 0.2) is 29.2 Å². The number of nitrogens with two attached hydrogens (primary N) is 1. The predicted molar refractivity (Wildman–Crippen MR) is 72.7 cm³/mol. The first kappa shape index (κ1) is 13.3. The van der Waals surface area contributed by atoms with Crippen LogP contribution in [0.5, 0.6) is 0 Å². The van der Waals surface area contributed by atoms with Crippen molar-refractivity contribution in [1.29, 1.82) is 0 Å². The summed E-state index contributed by atoms with van der Waals surface area (Å²) >= 11 is 0. The van der Waals surface area contributed by atoms with Gasteiger partial charge in [-0.1, -0.05) is 12.1 Å². The van der Waals surface area contributed by atoms with Gasteiger partial charge < -0.3 is 5.73 Å². The minimum Gasteiger partial charge on any atom is -0.330 e. The Kier molecular flexibility index (Phi) is 3.56. The number of rotatable bonds is 4. The molecule has 5 heteroatoms. The number of hydrogen-bond donors (Lipinski definition) is 1. The molecule has 0 unspecified atom stereocenters. The molecule has 0 spiro atoms. The zero-order valence-electron chi connectivity index (χ0n) is 10.7. The molecule has 0 bridgehead atoms. The van der Waals surface area contributed by atoms with Crippen LogP contribution >= 0.6 is 0 Å². The average Bonchev–Trinajstić information content (AvgIpc) is 2.72. The van der Waals surface area contributed by atoms with Gasteiger partial charge in [0.2, 0.25) is 10.0 Å². The Morgan fingerprint density at radius 2 is 2.06 bits per heavy atom. The third-order valence-corrected chi connectivity index (χ3v) is 5.00. The molecule has 0 aromatic heterocycles. The van der Waals surface area contributed by atoms with Gasteiger partial charge in [-0.05, 0) is 48.2 Å². The Morgan fingerprint density at radius 1 is 1.33 bits per heavy atom. The number of nitrogens with zero attached hydrogens (tertiary/aromatic N) is 1. The third kappa shape index (κ3) is 2.21. The summed E-state index contributed by atoms with van der Waals surface area (Å²) in [4.78, 5) is 0.344. The maximum absolute atomic E-state index is 12.1. The predicted octanol–water partition coefficient (Wildman–Crippen LogP) is 1.23. The van der Waals surface area contributed by atoms with Crippen molar-refractivity contribution in [2.24, 2.45) is 5.73 Å². The van der Waals surface area contributed by atoms with E-state index in [0.29, 0.717) is 11.4 Å². The van der Waals surface area contributed by atoms with E-state index < -0.39 is 10.0 Å². The van der Waals surface area contributed by atoms with Crippen molar-refractivity contribution < 1.29 is 8.42 Å². The van der Waals surface area contributed by atoms with Crippen LogP contribution in [-0.2, 0) is 16.4 Å². The molecule has 1 aliphatic carbocycles. The molecule has 2 rings (SSSR count). The Bertz CT molecular complexity index is 589. The third-order valence-electron chi connectivity index (χ3n) is 3.19. The van der Waals surface area contributed by atoms with Crippen LogP contribution in [0.1, 0.15) is 17.5 Å². The highest BCUT2D eigenvalue weighted by Gasteiger charge is 2.21. The number of fused-ring (bicyclic) bond motifs is 1. The molecule has 0 amide bonds. The highest BCUT2D eigenvalue weighted by atomic mass is 32.2. The van der Waals surface area contributed by atoms with Gasteiger partial charge in [0, 0.05) is 14.1 Å². The van der Waals surface area contributed by atoms with Crippen molar-refractivity contribution in [2.75, 3.05) is 20.6 Å². The lowest BCUT2D eigenvalue weighted by atomic mass is 10.0. The molecule has 0 fully saturated rings. The Hall–Kier alpha value is -1.17. The summed E-state index contributed by atoms with van der Waals surface area (Å²) in [7, 11) is -0.280. The van der Waals surface area contributed by atoms with E-state index in [1.165, 1.54) is 9.87 Å². The molecule has 4 nitrogen and oxygen atoms in total. The zero-order valence-corrected chi connectivity index (χ0v) is 11.5. The summed E-state index contributed by atoms with van der Waals surface area (Å²) in [6, 6.07) is 5.33. The summed E-state index contributed by atoms with van der Waals surface area (Å²) in [5, 5.41) is 0. The second kappa shape index (κ2) is 4.84. The van der Waals surface area contributed by atoms with E-state index in [0.717, 1.165) is 24.0 Å². The van der Waals surface area contributed by atoms with Crippen molar-refractivity contribution in [2.45, 2.75) is 17.7 Å². The lowest BCUT2D eigenvalue weighted by Gasteiger charge is -2.13. The van der Waals surface area contributed by atoms with E-state index in [4.69, 9.17) is 5.73 Å². The second-order valence-electron chi connectivity index (χ2n) is 4.58. The Balaban J connectivity index is 2.45. The number of benzene rings is 1. The highest BCUT2D eigenvalue weighted by Crippen LogP contribution is 2.31. The summed E-state index contributed by atoms with van der Waals surface area (Å²) in [5.74, 6) is 0. The van der Waals surface area contributed by atoms with Gasteiger partial charge in [0.25, 0.3) is 0 Å². The van der Waals surface area contributed by atoms with Crippen LogP contribution in [-0.4, -0.2) is 33.4 Å². The molecule has 1 aromatic carbocycles. The van der Waals surface area contributed by atoms with Crippen molar-refractivity contribution in [3.63, 3.8) is 0 Å². The molecular weight excluding hydrogens is 248 g/mol. The van der Waals surface area contributed by atoms with E-state index in [9.17, 15) is 8.42 Å². The normalized spacial score (nSPS) is 14.8. The minimum absolute atomic E-state index is 0.344. The molecule has 0 aliphatic heterocycles. The SMILES string of the molecule is CN(C)S(=O)(=O)c1ccc2c(c1)C(CCN)=CC2. The van der Waals surface area contributed by atoms with Gasteiger partial charge in [-0.2, -0.15) is 0 Å². The Morgan fingerprint density at radius 3 is 2.67 bits per heavy atom. The van der Waals surface area contributed by atoms with Gasteiger partial charge in [-0.3, -0.25) is 0 Å². The first-order valence-electron chi connectivity index (χ1n) is 5.91. The van der Waals surface area contributed by atoms with Gasteiger partial charge in [0.05, 0.1) is 4.90 Å². The fraction of sp³-hybridized carbons (Fsp3) is 0.385. The fourth-order valence-electron chi connectivity index (χ4n) is 2.14. The maximum Gasteiger partial charge on any atom is 0.242 e. The van der Waals surface area contributed by atoms with Crippen molar-refractivity contribution in [1.82, 2.24) is 4.31 Å². The highest BCUT2D eigenvalue weighted by molar-refractivity contribution is 7.89. The molecule has 1 aromatic rings. The molecule has 1 aliphatic rings. The van der Waals surface area contributed by atoms with E-state index in [1.54, 1.807) is 26.2 Å². The number of sulfonamides is 1. The molecule has 2 N–H and O–H groups in total. The van der Waals surface area contributed by atoms with Gasteiger partial charge in [0.15, 0.2) is 0 Å². The van der Waals surface area contributed by atoms with E-state index in [1.807, 2.05) is 6.07 Å². The van der Waals surface area contributed by atoms with Crippen LogP contribution in [0.25, 0.3) is 5.57 Å². The quantitative estimate of drug-likeness (QED) is 0.891. The molecule has 0 saturated heterocycles. The standard InChI is InChI=1S/C13H18N2O2S/c1-15(2)18(16,17)12-6-5-10-3-4-11(7-8-14)13(10)9-12/h4-6,9H,3,7-8,14H2,1-2H3. The molecule has 0 heterocycles. The van der Waals surface area contributed by atoms with Crippen molar-refractivity contribution in [3.05, 3.63) is 35.4 Å². The lowest BCUT2D eigenvalue weighted by Crippen LogP contribution is -2.22. The van der Waals surface area contributed by atoms with Crippen LogP contribution < -0.4 is 5.73 Å². The van der Waals surface area contributed by atoms with Crippen LogP contribution in [0.4, 0.5) is 0 Å². The molecule has 0 atom stereocenters. The Labute approximate surface area is 108 Å². The minimum atomic E-state index is -3.36. The monoisotopic (exact) mass is 266 g/mol. The largest absolute Gasteiger partial charge is 0.330 e. The molecular formula is C13H18N2O2S. The summed E-state index contributed by atoms with van der Waals surface area (Å²) in [5.41, 5.74) is 8.93. The lowest BCUT2D eigenvalue weighted by molar-refractivity contribution is 0.520. The van der Waals surface area contributed by atoms with Crippen molar-refractivity contribution >= 4 is 15.6 Å². The van der Waals surface area contributed by atoms with Gasteiger partial charge >= 0.3 is 0 Å². The molecule has 0 saturated carbocycles. The average molecular weight is 266 g/mol. The van der Waals surface area contributed by atoms with Gasteiger partial charge in [0.1, 0.15) is 0 Å². The van der Waals surface area contributed by atoms with E-state index in [-0.39, 0.29) is 0 Å².